The van der Waals surface area contributed by atoms with Crippen LogP contribution in [0.2, 0.25) is 5.02 Å². The Morgan fingerprint density at radius 3 is 3.00 bits per heavy atom. The normalized spacial score (nSPS) is 12.6. The van der Waals surface area contributed by atoms with E-state index in [2.05, 4.69) is 15.5 Å². The predicted octanol–water partition coefficient (Wildman–Crippen LogP) is 3.05. The molecule has 1 unspecified atom stereocenters. The molecular weight excluding hydrogens is 241 g/mol. The summed E-state index contributed by atoms with van der Waals surface area (Å²) in [6.45, 7) is 2.70. The smallest absolute Gasteiger partial charge is 0.141 e. The first-order valence-corrected chi connectivity index (χ1v) is 5.70. The summed E-state index contributed by atoms with van der Waals surface area (Å²) in [6.07, 6.45) is 3.59. The maximum Gasteiger partial charge on any atom is 0.141 e. The molecule has 1 aromatic heterocycles. The molecule has 0 aliphatic carbocycles. The standard InChI is InChI=1S/C12H13ClFN3/c1-8(15-5-9-6-16-17-7-9)10-2-3-12(14)11(13)4-10/h2-4,6-8,15H,5H2,1H3,(H,16,17). The van der Waals surface area contributed by atoms with Crippen molar-refractivity contribution in [3.63, 3.8) is 0 Å². The molecule has 0 fully saturated rings. The van der Waals surface area contributed by atoms with Gasteiger partial charge >= 0.3 is 0 Å². The van der Waals surface area contributed by atoms with E-state index in [1.165, 1.54) is 6.07 Å². The molecule has 0 aliphatic rings. The zero-order valence-corrected chi connectivity index (χ0v) is 10.1. The van der Waals surface area contributed by atoms with Crippen LogP contribution in [0.15, 0.2) is 30.6 Å². The van der Waals surface area contributed by atoms with E-state index >= 15 is 0 Å². The molecule has 90 valence electrons. The third kappa shape index (κ3) is 3.05. The second-order valence-corrected chi connectivity index (χ2v) is 4.29. The van der Waals surface area contributed by atoms with E-state index in [-0.39, 0.29) is 11.1 Å². The van der Waals surface area contributed by atoms with Crippen LogP contribution in [0.25, 0.3) is 0 Å². The number of hydrogen-bond donors (Lipinski definition) is 2. The van der Waals surface area contributed by atoms with Crippen molar-refractivity contribution in [2.24, 2.45) is 0 Å². The predicted molar refractivity (Wildman–Crippen MR) is 65.3 cm³/mol. The van der Waals surface area contributed by atoms with Crippen LogP contribution in [0.4, 0.5) is 4.39 Å². The quantitative estimate of drug-likeness (QED) is 0.879. The average molecular weight is 254 g/mol. The Labute approximate surface area is 104 Å². The summed E-state index contributed by atoms with van der Waals surface area (Å²) in [6, 6.07) is 4.86. The fourth-order valence-electron chi connectivity index (χ4n) is 1.54. The summed E-state index contributed by atoms with van der Waals surface area (Å²) in [4.78, 5) is 0. The van der Waals surface area contributed by atoms with Crippen LogP contribution in [0.5, 0.6) is 0 Å². The lowest BCUT2D eigenvalue weighted by atomic mass is 10.1. The van der Waals surface area contributed by atoms with Crippen LogP contribution in [0.1, 0.15) is 24.1 Å². The topological polar surface area (TPSA) is 40.7 Å². The van der Waals surface area contributed by atoms with Crippen LogP contribution in [0, 0.1) is 5.82 Å². The first-order valence-electron chi connectivity index (χ1n) is 5.33. The van der Waals surface area contributed by atoms with Gasteiger partial charge in [0.05, 0.1) is 11.2 Å². The number of H-pyrrole nitrogens is 1. The lowest BCUT2D eigenvalue weighted by molar-refractivity contribution is 0.571. The Morgan fingerprint density at radius 1 is 1.53 bits per heavy atom. The Hall–Kier alpha value is -1.39. The van der Waals surface area contributed by atoms with Crippen molar-refractivity contribution in [1.82, 2.24) is 15.5 Å². The Kier molecular flexibility index (Phi) is 3.76. The molecule has 0 spiro atoms. The SMILES string of the molecule is CC(NCc1cn[nH]c1)c1ccc(F)c(Cl)c1. The number of rotatable bonds is 4. The van der Waals surface area contributed by atoms with E-state index in [9.17, 15) is 4.39 Å². The van der Waals surface area contributed by atoms with E-state index in [4.69, 9.17) is 11.6 Å². The number of aromatic nitrogens is 2. The minimum absolute atomic E-state index is 0.1000. The molecule has 0 saturated heterocycles. The minimum Gasteiger partial charge on any atom is -0.306 e. The van der Waals surface area contributed by atoms with E-state index in [1.54, 1.807) is 18.3 Å². The van der Waals surface area contributed by atoms with Crippen molar-refractivity contribution in [1.29, 1.82) is 0 Å². The first kappa shape index (κ1) is 12.1. The van der Waals surface area contributed by atoms with Gasteiger partial charge in [-0.3, -0.25) is 5.10 Å². The van der Waals surface area contributed by atoms with Crippen molar-refractivity contribution >= 4 is 11.6 Å². The Morgan fingerprint density at radius 2 is 2.35 bits per heavy atom. The molecular formula is C12H13ClFN3. The number of hydrogen-bond acceptors (Lipinski definition) is 2. The zero-order chi connectivity index (χ0) is 12.3. The molecule has 2 rings (SSSR count). The number of benzene rings is 1. The Bertz CT molecular complexity index is 485. The van der Waals surface area contributed by atoms with Gasteiger partial charge in [-0.15, -0.1) is 0 Å². The maximum atomic E-state index is 13.0. The van der Waals surface area contributed by atoms with Gasteiger partial charge in [0.2, 0.25) is 0 Å². The van der Waals surface area contributed by atoms with Crippen molar-refractivity contribution in [2.45, 2.75) is 19.5 Å². The van der Waals surface area contributed by atoms with Crippen molar-refractivity contribution in [2.75, 3.05) is 0 Å². The fourth-order valence-corrected chi connectivity index (χ4v) is 1.73. The van der Waals surface area contributed by atoms with Crippen molar-refractivity contribution in [3.05, 3.63) is 52.6 Å². The van der Waals surface area contributed by atoms with Gasteiger partial charge in [0, 0.05) is 24.3 Å². The second-order valence-electron chi connectivity index (χ2n) is 3.88. The highest BCUT2D eigenvalue weighted by Gasteiger charge is 2.08. The largest absolute Gasteiger partial charge is 0.306 e. The third-order valence-electron chi connectivity index (χ3n) is 2.61. The lowest BCUT2D eigenvalue weighted by Crippen LogP contribution is -2.17. The van der Waals surface area contributed by atoms with Gasteiger partial charge in [-0.05, 0) is 24.6 Å². The van der Waals surface area contributed by atoms with Crippen LogP contribution in [-0.4, -0.2) is 10.2 Å². The van der Waals surface area contributed by atoms with Gasteiger partial charge in [-0.25, -0.2) is 4.39 Å². The molecule has 5 heteroatoms. The monoisotopic (exact) mass is 253 g/mol. The van der Waals surface area contributed by atoms with Gasteiger partial charge < -0.3 is 5.32 Å². The van der Waals surface area contributed by atoms with Gasteiger partial charge in [0.1, 0.15) is 5.82 Å². The van der Waals surface area contributed by atoms with E-state index in [1.807, 2.05) is 13.1 Å². The molecule has 1 heterocycles. The summed E-state index contributed by atoms with van der Waals surface area (Å²) >= 11 is 5.74. The number of nitrogens with one attached hydrogen (secondary N) is 2. The molecule has 2 N–H and O–H groups in total. The lowest BCUT2D eigenvalue weighted by Gasteiger charge is -2.14. The number of nitrogens with zero attached hydrogens (tertiary/aromatic N) is 1. The van der Waals surface area contributed by atoms with Gasteiger partial charge in [0.15, 0.2) is 0 Å². The highest BCUT2D eigenvalue weighted by molar-refractivity contribution is 6.30. The summed E-state index contributed by atoms with van der Waals surface area (Å²) in [5.41, 5.74) is 2.03. The van der Waals surface area contributed by atoms with Crippen LogP contribution >= 0.6 is 11.6 Å². The van der Waals surface area contributed by atoms with Crippen LogP contribution in [-0.2, 0) is 6.54 Å². The third-order valence-corrected chi connectivity index (χ3v) is 2.90. The first-order chi connectivity index (χ1) is 8.16. The van der Waals surface area contributed by atoms with Gasteiger partial charge in [-0.2, -0.15) is 5.10 Å². The molecule has 1 aromatic carbocycles. The molecule has 1 atom stereocenters. The summed E-state index contributed by atoms with van der Waals surface area (Å²) in [7, 11) is 0. The molecule has 17 heavy (non-hydrogen) atoms. The Balaban J connectivity index is 1.99. The van der Waals surface area contributed by atoms with Gasteiger partial charge in [-0.1, -0.05) is 17.7 Å². The minimum atomic E-state index is -0.391. The van der Waals surface area contributed by atoms with Crippen LogP contribution < -0.4 is 5.32 Å². The van der Waals surface area contributed by atoms with Crippen molar-refractivity contribution < 1.29 is 4.39 Å². The van der Waals surface area contributed by atoms with Crippen molar-refractivity contribution in [3.8, 4) is 0 Å². The maximum absolute atomic E-state index is 13.0. The van der Waals surface area contributed by atoms with E-state index in [0.29, 0.717) is 6.54 Å². The van der Waals surface area contributed by atoms with E-state index < -0.39 is 5.82 Å². The fraction of sp³-hybridized carbons (Fsp3) is 0.250. The summed E-state index contributed by atoms with van der Waals surface area (Å²) < 4.78 is 13.0. The summed E-state index contributed by atoms with van der Waals surface area (Å²) in [5.74, 6) is -0.391. The number of halogens is 2. The highest BCUT2D eigenvalue weighted by Crippen LogP contribution is 2.20. The molecule has 0 amide bonds. The molecule has 0 aliphatic heterocycles. The average Bonchev–Trinajstić information content (AvgIpc) is 2.82. The molecule has 3 nitrogen and oxygen atoms in total. The molecule has 0 radical (unpaired) electrons. The molecule has 2 aromatic rings. The molecule has 0 bridgehead atoms. The van der Waals surface area contributed by atoms with Crippen LogP contribution in [0.3, 0.4) is 0 Å². The number of aromatic amines is 1. The highest BCUT2D eigenvalue weighted by atomic mass is 35.5. The zero-order valence-electron chi connectivity index (χ0n) is 9.37. The van der Waals surface area contributed by atoms with E-state index in [0.717, 1.165) is 11.1 Å². The van der Waals surface area contributed by atoms with Gasteiger partial charge in [0.25, 0.3) is 0 Å². The molecule has 0 saturated carbocycles. The second kappa shape index (κ2) is 5.29. The summed E-state index contributed by atoms with van der Waals surface area (Å²) in [5, 5.41) is 10.1.